The molecule has 0 spiro atoms. The van der Waals surface area contributed by atoms with Gasteiger partial charge in [-0.1, -0.05) is 48.0 Å². The summed E-state index contributed by atoms with van der Waals surface area (Å²) >= 11 is 0.600. The minimum atomic E-state index is -0.724. The van der Waals surface area contributed by atoms with Crippen LogP contribution >= 0.6 is 11.8 Å². The smallest absolute Gasteiger partial charge is 0.294 e. The van der Waals surface area contributed by atoms with E-state index in [2.05, 4.69) is 5.32 Å². The van der Waals surface area contributed by atoms with Crippen molar-refractivity contribution in [2.45, 2.75) is 20.5 Å². The SMILES string of the molecule is COc1cc(/C=C2/SC(=O)N(CC(=O)Nc3ccc(C)cc3C)C2=O)c([N+](=O)[O-])cc1OCc1ccccc1. The maximum absolute atomic E-state index is 13.0. The van der Waals surface area contributed by atoms with Crippen molar-refractivity contribution in [3.05, 3.63) is 97.9 Å². The van der Waals surface area contributed by atoms with Gasteiger partial charge in [0.05, 0.1) is 28.6 Å². The van der Waals surface area contributed by atoms with Crippen LogP contribution < -0.4 is 14.8 Å². The average molecular weight is 548 g/mol. The fraction of sp³-hybridized carbons (Fsp3) is 0.179. The lowest BCUT2D eigenvalue weighted by atomic mass is 10.1. The molecule has 39 heavy (non-hydrogen) atoms. The van der Waals surface area contributed by atoms with Crippen molar-refractivity contribution >= 4 is 46.3 Å². The molecule has 200 valence electrons. The number of anilines is 1. The molecule has 1 N–H and O–H groups in total. The van der Waals surface area contributed by atoms with Gasteiger partial charge in [-0.25, -0.2) is 0 Å². The van der Waals surface area contributed by atoms with Gasteiger partial charge in [-0.05, 0) is 54.9 Å². The van der Waals surface area contributed by atoms with Gasteiger partial charge in [0.2, 0.25) is 5.91 Å². The summed E-state index contributed by atoms with van der Waals surface area (Å²) in [5.74, 6) is -0.896. The number of imide groups is 1. The molecule has 1 aliphatic rings. The van der Waals surface area contributed by atoms with Crippen LogP contribution in [0.15, 0.2) is 65.6 Å². The largest absolute Gasteiger partial charge is 0.493 e. The summed E-state index contributed by atoms with van der Waals surface area (Å²) < 4.78 is 11.1. The second kappa shape index (κ2) is 11.8. The molecule has 0 atom stereocenters. The van der Waals surface area contributed by atoms with Gasteiger partial charge in [-0.3, -0.25) is 29.4 Å². The average Bonchev–Trinajstić information content (AvgIpc) is 3.16. The maximum atomic E-state index is 13.0. The number of carbonyl (C=O) groups is 3. The Morgan fingerprint density at radius 1 is 1.08 bits per heavy atom. The topological polar surface area (TPSA) is 128 Å². The minimum Gasteiger partial charge on any atom is -0.493 e. The first kappa shape index (κ1) is 27.4. The lowest BCUT2D eigenvalue weighted by Gasteiger charge is -2.14. The first-order valence-corrected chi connectivity index (χ1v) is 12.6. The van der Waals surface area contributed by atoms with E-state index in [0.717, 1.165) is 21.6 Å². The summed E-state index contributed by atoms with van der Waals surface area (Å²) in [6.07, 6.45) is 1.24. The summed E-state index contributed by atoms with van der Waals surface area (Å²) in [7, 11) is 1.39. The number of thioether (sulfide) groups is 1. The van der Waals surface area contributed by atoms with Gasteiger partial charge < -0.3 is 14.8 Å². The molecule has 1 saturated heterocycles. The Hall–Kier alpha value is -4.64. The molecule has 10 nitrogen and oxygen atoms in total. The van der Waals surface area contributed by atoms with Gasteiger partial charge in [0.15, 0.2) is 11.5 Å². The number of rotatable bonds is 9. The molecule has 11 heteroatoms. The van der Waals surface area contributed by atoms with Crippen LogP contribution in [0, 0.1) is 24.0 Å². The van der Waals surface area contributed by atoms with Crippen molar-refractivity contribution < 1.29 is 28.8 Å². The number of carbonyl (C=O) groups excluding carboxylic acids is 3. The predicted octanol–water partition coefficient (Wildman–Crippen LogP) is 5.47. The molecule has 3 aromatic rings. The predicted molar refractivity (Wildman–Crippen MR) is 148 cm³/mol. The Balaban J connectivity index is 1.54. The summed E-state index contributed by atoms with van der Waals surface area (Å²) in [4.78, 5) is 50.1. The van der Waals surface area contributed by atoms with Crippen LogP contribution in [0.1, 0.15) is 22.3 Å². The zero-order chi connectivity index (χ0) is 28.1. The third-order valence-corrected chi connectivity index (χ3v) is 6.77. The highest BCUT2D eigenvalue weighted by molar-refractivity contribution is 8.18. The number of nitrogens with zero attached hydrogens (tertiary/aromatic N) is 2. The van der Waals surface area contributed by atoms with Crippen LogP contribution in [-0.4, -0.2) is 40.5 Å². The second-order valence-corrected chi connectivity index (χ2v) is 9.72. The summed E-state index contributed by atoms with van der Waals surface area (Å²) in [5, 5.41) is 13.9. The van der Waals surface area contributed by atoms with Crippen molar-refractivity contribution in [1.82, 2.24) is 4.90 Å². The van der Waals surface area contributed by atoms with E-state index < -0.39 is 28.5 Å². The Morgan fingerprint density at radius 2 is 1.82 bits per heavy atom. The lowest BCUT2D eigenvalue weighted by Crippen LogP contribution is -2.36. The van der Waals surface area contributed by atoms with Crippen molar-refractivity contribution in [3.8, 4) is 11.5 Å². The number of hydrogen-bond donors (Lipinski definition) is 1. The summed E-state index contributed by atoms with van der Waals surface area (Å²) in [6, 6.07) is 17.3. The van der Waals surface area contributed by atoms with E-state index in [1.807, 2.05) is 56.3 Å². The third kappa shape index (κ3) is 6.44. The molecule has 1 aliphatic heterocycles. The number of amides is 3. The number of hydrogen-bond acceptors (Lipinski definition) is 8. The van der Waals surface area contributed by atoms with E-state index in [4.69, 9.17) is 9.47 Å². The van der Waals surface area contributed by atoms with Gasteiger partial charge >= 0.3 is 0 Å². The third-order valence-electron chi connectivity index (χ3n) is 5.86. The highest BCUT2D eigenvalue weighted by atomic mass is 32.2. The molecule has 0 radical (unpaired) electrons. The van der Waals surface area contributed by atoms with Crippen LogP contribution in [-0.2, 0) is 16.2 Å². The van der Waals surface area contributed by atoms with Gasteiger partial charge in [0.1, 0.15) is 13.2 Å². The quantitative estimate of drug-likeness (QED) is 0.212. The fourth-order valence-electron chi connectivity index (χ4n) is 3.91. The van der Waals surface area contributed by atoms with E-state index in [1.54, 1.807) is 6.07 Å². The molecule has 3 amide bonds. The van der Waals surface area contributed by atoms with Crippen LogP contribution in [0.2, 0.25) is 0 Å². The molecular weight excluding hydrogens is 522 g/mol. The molecule has 1 heterocycles. The molecule has 0 unspecified atom stereocenters. The highest BCUT2D eigenvalue weighted by Crippen LogP contribution is 2.39. The number of aryl methyl sites for hydroxylation is 2. The van der Waals surface area contributed by atoms with E-state index in [1.165, 1.54) is 25.3 Å². The molecule has 4 rings (SSSR count). The monoisotopic (exact) mass is 547 g/mol. The number of nitro benzene ring substituents is 1. The molecule has 0 aliphatic carbocycles. The maximum Gasteiger partial charge on any atom is 0.294 e. The van der Waals surface area contributed by atoms with Crippen molar-refractivity contribution in [2.24, 2.45) is 0 Å². The molecule has 0 aromatic heterocycles. The number of nitrogens with one attached hydrogen (secondary N) is 1. The van der Waals surface area contributed by atoms with Gasteiger partial charge in [0.25, 0.3) is 16.8 Å². The van der Waals surface area contributed by atoms with E-state index in [-0.39, 0.29) is 34.3 Å². The second-order valence-electron chi connectivity index (χ2n) is 8.73. The Kier molecular flexibility index (Phi) is 8.30. The van der Waals surface area contributed by atoms with E-state index in [0.29, 0.717) is 17.4 Å². The highest BCUT2D eigenvalue weighted by Gasteiger charge is 2.37. The molecular formula is C28H25N3O7S. The molecule has 1 fully saturated rings. The first-order chi connectivity index (χ1) is 18.7. The number of ether oxygens (including phenoxy) is 2. The lowest BCUT2D eigenvalue weighted by molar-refractivity contribution is -0.385. The Bertz CT molecular complexity index is 1490. The number of benzene rings is 3. The minimum absolute atomic E-state index is 0.0501. The number of methoxy groups -OCH3 is 1. The van der Waals surface area contributed by atoms with Crippen LogP contribution in [0.5, 0.6) is 11.5 Å². The zero-order valence-electron chi connectivity index (χ0n) is 21.4. The van der Waals surface area contributed by atoms with Crippen molar-refractivity contribution in [3.63, 3.8) is 0 Å². The van der Waals surface area contributed by atoms with Gasteiger partial charge in [-0.2, -0.15) is 0 Å². The number of nitro groups is 1. The van der Waals surface area contributed by atoms with E-state index >= 15 is 0 Å². The Morgan fingerprint density at radius 3 is 2.49 bits per heavy atom. The molecule has 3 aromatic carbocycles. The first-order valence-electron chi connectivity index (χ1n) is 11.8. The van der Waals surface area contributed by atoms with Crippen LogP contribution in [0.3, 0.4) is 0 Å². The van der Waals surface area contributed by atoms with Gasteiger partial charge in [0, 0.05) is 5.69 Å². The normalized spacial score (nSPS) is 14.0. The summed E-state index contributed by atoms with van der Waals surface area (Å²) in [6.45, 7) is 3.44. The van der Waals surface area contributed by atoms with Crippen molar-refractivity contribution in [1.29, 1.82) is 0 Å². The van der Waals surface area contributed by atoms with Crippen LogP contribution in [0.25, 0.3) is 6.08 Å². The fourth-order valence-corrected chi connectivity index (χ4v) is 4.74. The van der Waals surface area contributed by atoms with Crippen molar-refractivity contribution in [2.75, 3.05) is 19.0 Å². The Labute approximate surface area is 228 Å². The summed E-state index contributed by atoms with van der Waals surface area (Å²) in [5.41, 5.74) is 3.03. The van der Waals surface area contributed by atoms with E-state index in [9.17, 15) is 24.5 Å². The standard InChI is InChI=1S/C28H25N3O7S/c1-17-9-10-21(18(2)11-17)29-26(32)15-30-27(33)25(39-28(30)34)13-20-12-23(37-3)24(14-22(20)31(35)36)38-16-19-7-5-4-6-8-19/h4-14H,15-16H2,1-3H3,(H,29,32)/b25-13+. The molecule has 0 bridgehead atoms. The molecule has 0 saturated carbocycles. The van der Waals surface area contributed by atoms with Gasteiger partial charge in [-0.15, -0.1) is 0 Å². The zero-order valence-corrected chi connectivity index (χ0v) is 22.2. The van der Waals surface area contributed by atoms with Crippen LogP contribution in [0.4, 0.5) is 16.2 Å².